The monoisotopic (exact) mass is 113 g/mol. The van der Waals surface area contributed by atoms with E-state index in [1.807, 2.05) is 0 Å². The van der Waals surface area contributed by atoms with Gasteiger partial charge in [-0.3, -0.25) is 4.98 Å². The van der Waals surface area contributed by atoms with Gasteiger partial charge in [0.15, 0.2) is 0 Å². The van der Waals surface area contributed by atoms with Crippen molar-refractivity contribution in [3.05, 3.63) is 16.7 Å². The van der Waals surface area contributed by atoms with E-state index < -0.39 is 0 Å². The van der Waals surface area contributed by atoms with Crippen molar-refractivity contribution in [2.24, 2.45) is 0 Å². The first-order valence-corrected chi connectivity index (χ1v) is 2.28. The minimum Gasteiger partial charge on any atom is -0.373 e. The average molecular weight is 113 g/mol. The number of H-pyrrole nitrogens is 2. The van der Waals surface area contributed by atoms with Crippen LogP contribution < -0.4 is 11.0 Å². The number of nitrogens with one attached hydrogen (secondary N) is 3. The van der Waals surface area contributed by atoms with Crippen LogP contribution in [0, 0.1) is 0 Å². The number of imidazole rings is 1. The van der Waals surface area contributed by atoms with Gasteiger partial charge in [0.05, 0.1) is 0 Å². The smallest absolute Gasteiger partial charge is 0.324 e. The van der Waals surface area contributed by atoms with Crippen molar-refractivity contribution < 1.29 is 0 Å². The lowest BCUT2D eigenvalue weighted by Crippen LogP contribution is -2.00. The summed E-state index contributed by atoms with van der Waals surface area (Å²) >= 11 is 0. The maximum absolute atomic E-state index is 10.3. The van der Waals surface area contributed by atoms with E-state index in [0.717, 1.165) is 0 Å². The molecule has 0 atom stereocenters. The molecule has 0 aliphatic rings. The topological polar surface area (TPSA) is 60.7 Å². The van der Waals surface area contributed by atoms with Crippen LogP contribution in [0.25, 0.3) is 0 Å². The van der Waals surface area contributed by atoms with Gasteiger partial charge < -0.3 is 10.3 Å². The second-order valence-electron chi connectivity index (χ2n) is 1.41. The molecule has 44 valence electrons. The molecule has 1 aromatic rings. The molecule has 0 radical (unpaired) electrons. The second-order valence-corrected chi connectivity index (χ2v) is 1.41. The van der Waals surface area contributed by atoms with Crippen molar-refractivity contribution in [3.8, 4) is 0 Å². The SMILES string of the molecule is CNc1c[nH]c(=O)[nH]1. The first-order chi connectivity index (χ1) is 3.83. The van der Waals surface area contributed by atoms with Gasteiger partial charge in [-0.2, -0.15) is 0 Å². The van der Waals surface area contributed by atoms with Crippen molar-refractivity contribution in [1.29, 1.82) is 0 Å². The Hall–Kier alpha value is -1.19. The van der Waals surface area contributed by atoms with Crippen molar-refractivity contribution in [2.45, 2.75) is 0 Å². The standard InChI is InChI=1S/C4H7N3O/c1-5-3-2-6-4(8)7-3/h2,5H,1H3,(H2,6,7,8). The molecule has 0 aromatic carbocycles. The van der Waals surface area contributed by atoms with E-state index in [-0.39, 0.29) is 5.69 Å². The zero-order chi connectivity index (χ0) is 5.98. The van der Waals surface area contributed by atoms with E-state index >= 15 is 0 Å². The molecule has 0 aliphatic heterocycles. The minimum atomic E-state index is -0.186. The third kappa shape index (κ3) is 0.726. The van der Waals surface area contributed by atoms with E-state index in [4.69, 9.17) is 0 Å². The molecular formula is C4H7N3O. The van der Waals surface area contributed by atoms with Gasteiger partial charge in [0.2, 0.25) is 0 Å². The molecule has 0 fully saturated rings. The van der Waals surface area contributed by atoms with Gasteiger partial charge in [-0.25, -0.2) is 4.79 Å². The fraction of sp³-hybridized carbons (Fsp3) is 0.250. The van der Waals surface area contributed by atoms with Gasteiger partial charge in [0.25, 0.3) is 0 Å². The van der Waals surface area contributed by atoms with Crippen LogP contribution in [0.2, 0.25) is 0 Å². The molecule has 3 N–H and O–H groups in total. The van der Waals surface area contributed by atoms with Crippen LogP contribution in [0.15, 0.2) is 11.0 Å². The summed E-state index contributed by atoms with van der Waals surface area (Å²) in [5.41, 5.74) is -0.186. The van der Waals surface area contributed by atoms with Crippen LogP contribution >= 0.6 is 0 Å². The summed E-state index contributed by atoms with van der Waals surface area (Å²) in [6, 6.07) is 0. The van der Waals surface area contributed by atoms with E-state index in [1.54, 1.807) is 13.2 Å². The molecule has 0 saturated heterocycles. The summed E-state index contributed by atoms with van der Waals surface area (Å²) in [6.45, 7) is 0. The maximum atomic E-state index is 10.3. The Kier molecular flexibility index (Phi) is 1.07. The normalized spacial score (nSPS) is 9.12. The molecule has 0 spiro atoms. The van der Waals surface area contributed by atoms with Gasteiger partial charge >= 0.3 is 5.69 Å². The maximum Gasteiger partial charge on any atom is 0.324 e. The van der Waals surface area contributed by atoms with E-state index in [1.165, 1.54) is 0 Å². The Balaban J connectivity index is 3.01. The van der Waals surface area contributed by atoms with Gasteiger partial charge in [0, 0.05) is 13.2 Å². The predicted octanol–water partition coefficient (Wildman–Crippen LogP) is -0.255. The fourth-order valence-electron chi connectivity index (χ4n) is 0.467. The highest BCUT2D eigenvalue weighted by Gasteiger charge is 1.86. The Bertz CT molecular complexity index is 211. The summed E-state index contributed by atoms with van der Waals surface area (Å²) in [5, 5.41) is 2.76. The lowest BCUT2D eigenvalue weighted by Gasteiger charge is -1.85. The Morgan fingerprint density at radius 3 is 2.75 bits per heavy atom. The Labute approximate surface area is 45.9 Å². The second kappa shape index (κ2) is 1.73. The first-order valence-electron chi connectivity index (χ1n) is 2.28. The van der Waals surface area contributed by atoms with Crippen LogP contribution in [-0.4, -0.2) is 17.0 Å². The molecule has 1 aromatic heterocycles. The summed E-state index contributed by atoms with van der Waals surface area (Å²) in [5.74, 6) is 0.704. The Morgan fingerprint density at radius 2 is 2.50 bits per heavy atom. The number of rotatable bonds is 1. The van der Waals surface area contributed by atoms with Crippen molar-refractivity contribution in [2.75, 3.05) is 12.4 Å². The molecule has 0 amide bonds. The highest BCUT2D eigenvalue weighted by Crippen LogP contribution is 1.89. The van der Waals surface area contributed by atoms with Gasteiger partial charge in [-0.1, -0.05) is 0 Å². The van der Waals surface area contributed by atoms with Crippen molar-refractivity contribution in [1.82, 2.24) is 9.97 Å². The number of hydrogen-bond donors (Lipinski definition) is 3. The zero-order valence-electron chi connectivity index (χ0n) is 4.49. The first kappa shape index (κ1) is 4.96. The molecule has 8 heavy (non-hydrogen) atoms. The predicted molar refractivity (Wildman–Crippen MR) is 31.0 cm³/mol. The number of hydrogen-bond acceptors (Lipinski definition) is 2. The highest BCUT2D eigenvalue weighted by atomic mass is 16.1. The molecule has 4 heteroatoms. The van der Waals surface area contributed by atoms with E-state index in [9.17, 15) is 4.79 Å². The summed E-state index contributed by atoms with van der Waals surface area (Å²) in [7, 11) is 1.74. The zero-order valence-corrected chi connectivity index (χ0v) is 4.49. The quantitative estimate of drug-likeness (QED) is 0.470. The molecule has 0 aliphatic carbocycles. The molecular weight excluding hydrogens is 106 g/mol. The number of anilines is 1. The molecule has 1 heterocycles. The minimum absolute atomic E-state index is 0.186. The molecule has 0 bridgehead atoms. The van der Waals surface area contributed by atoms with E-state index in [0.29, 0.717) is 5.82 Å². The Morgan fingerprint density at radius 1 is 1.75 bits per heavy atom. The van der Waals surface area contributed by atoms with Crippen LogP contribution in [0.3, 0.4) is 0 Å². The van der Waals surface area contributed by atoms with Crippen LogP contribution in [0.4, 0.5) is 5.82 Å². The third-order valence-corrected chi connectivity index (χ3v) is 0.865. The van der Waals surface area contributed by atoms with Crippen LogP contribution in [0.1, 0.15) is 0 Å². The molecule has 0 unspecified atom stereocenters. The summed E-state index contributed by atoms with van der Waals surface area (Å²) in [6.07, 6.45) is 1.57. The van der Waals surface area contributed by atoms with Gasteiger partial charge in [-0.05, 0) is 0 Å². The van der Waals surface area contributed by atoms with Crippen molar-refractivity contribution >= 4 is 5.82 Å². The van der Waals surface area contributed by atoms with Gasteiger partial charge in [-0.15, -0.1) is 0 Å². The number of aromatic nitrogens is 2. The molecule has 0 saturated carbocycles. The number of aromatic amines is 2. The molecule has 1 rings (SSSR count). The highest BCUT2D eigenvalue weighted by molar-refractivity contribution is 5.28. The van der Waals surface area contributed by atoms with Crippen LogP contribution in [0.5, 0.6) is 0 Å². The fourth-order valence-corrected chi connectivity index (χ4v) is 0.467. The lowest BCUT2D eigenvalue weighted by atomic mass is 10.8. The average Bonchev–Trinajstić information content (AvgIpc) is 2.14. The summed E-state index contributed by atoms with van der Waals surface area (Å²) in [4.78, 5) is 15.2. The molecule has 4 nitrogen and oxygen atoms in total. The lowest BCUT2D eigenvalue weighted by molar-refractivity contribution is 1.19. The van der Waals surface area contributed by atoms with E-state index in [2.05, 4.69) is 15.3 Å². The summed E-state index contributed by atoms with van der Waals surface area (Å²) < 4.78 is 0. The largest absolute Gasteiger partial charge is 0.373 e. The van der Waals surface area contributed by atoms with Crippen LogP contribution in [-0.2, 0) is 0 Å². The van der Waals surface area contributed by atoms with Crippen molar-refractivity contribution in [3.63, 3.8) is 0 Å². The van der Waals surface area contributed by atoms with Gasteiger partial charge in [0.1, 0.15) is 5.82 Å². The third-order valence-electron chi connectivity index (χ3n) is 0.865.